The fourth-order valence-corrected chi connectivity index (χ4v) is 3.70. The number of fused-ring (bicyclic) bond motifs is 1. The lowest BCUT2D eigenvalue weighted by atomic mass is 10.2. The molecule has 0 aliphatic rings. The van der Waals surface area contributed by atoms with Crippen LogP contribution in [0.25, 0.3) is 10.9 Å². The largest absolute Gasteiger partial charge is 0.437 e. The van der Waals surface area contributed by atoms with E-state index in [9.17, 15) is 14.9 Å². The van der Waals surface area contributed by atoms with Gasteiger partial charge >= 0.3 is 0 Å². The Hall–Kier alpha value is -3.63. The summed E-state index contributed by atoms with van der Waals surface area (Å²) in [5.74, 6) is 0.977. The fraction of sp³-hybridized carbons (Fsp3) is 0.130. The van der Waals surface area contributed by atoms with Gasteiger partial charge in [0.1, 0.15) is 17.8 Å². The molecule has 0 N–H and O–H groups in total. The summed E-state index contributed by atoms with van der Waals surface area (Å²) in [6.45, 7) is 3.88. The lowest BCUT2D eigenvalue weighted by Crippen LogP contribution is -2.23. The number of halogens is 2. The van der Waals surface area contributed by atoms with E-state index < -0.39 is 4.92 Å². The summed E-state index contributed by atoms with van der Waals surface area (Å²) in [6, 6.07) is 13.0. The van der Waals surface area contributed by atoms with E-state index >= 15 is 0 Å². The van der Waals surface area contributed by atoms with E-state index in [0.29, 0.717) is 28.0 Å². The number of ether oxygens (including phenoxy) is 1. The van der Waals surface area contributed by atoms with Gasteiger partial charge < -0.3 is 4.74 Å². The summed E-state index contributed by atoms with van der Waals surface area (Å²) in [5, 5.41) is 15.9. The van der Waals surface area contributed by atoms with E-state index in [1.165, 1.54) is 23.0 Å². The number of hydrogen-bond acceptors (Lipinski definition) is 7. The van der Waals surface area contributed by atoms with Crippen molar-refractivity contribution in [3.8, 4) is 11.6 Å². The van der Waals surface area contributed by atoms with E-state index in [1.807, 2.05) is 19.9 Å². The molecule has 2 heterocycles. The van der Waals surface area contributed by atoms with Crippen molar-refractivity contribution in [3.05, 3.63) is 96.1 Å². The van der Waals surface area contributed by atoms with Crippen LogP contribution in [0.3, 0.4) is 0 Å². The molecular weight excluding hydrogens is 526 g/mol. The third-order valence-electron chi connectivity index (χ3n) is 4.77. The van der Waals surface area contributed by atoms with Crippen LogP contribution in [0.15, 0.2) is 69.1 Å². The minimum Gasteiger partial charge on any atom is -0.437 e. The lowest BCUT2D eigenvalue weighted by Gasteiger charge is -2.12. The highest BCUT2D eigenvalue weighted by molar-refractivity contribution is 9.10. The van der Waals surface area contributed by atoms with Crippen LogP contribution < -0.4 is 10.3 Å². The molecule has 0 amide bonds. The Bertz CT molecular complexity index is 1490. The molecule has 11 heteroatoms. The van der Waals surface area contributed by atoms with Crippen LogP contribution in [0.1, 0.15) is 31.2 Å². The molecule has 2 aromatic carbocycles. The first-order valence-corrected chi connectivity index (χ1v) is 11.2. The number of nitrogens with zero attached hydrogens (tertiary/aromatic N) is 5. The van der Waals surface area contributed by atoms with Gasteiger partial charge in [0.2, 0.25) is 5.88 Å². The van der Waals surface area contributed by atoms with Gasteiger partial charge in [-0.05, 0) is 42.0 Å². The molecule has 0 bridgehead atoms. The van der Waals surface area contributed by atoms with E-state index in [0.717, 1.165) is 10.7 Å². The first kappa shape index (κ1) is 23.5. The second-order valence-electron chi connectivity index (χ2n) is 7.55. The molecule has 0 spiro atoms. The molecule has 0 saturated heterocycles. The number of hydrogen-bond donors (Lipinski definition) is 0. The summed E-state index contributed by atoms with van der Waals surface area (Å²) in [5.41, 5.74) is 0.816. The van der Waals surface area contributed by atoms with Gasteiger partial charge in [-0.1, -0.05) is 41.4 Å². The third kappa shape index (κ3) is 4.97. The Kier molecular flexibility index (Phi) is 6.71. The van der Waals surface area contributed by atoms with Gasteiger partial charge in [-0.25, -0.2) is 9.97 Å². The van der Waals surface area contributed by atoms with Crippen molar-refractivity contribution in [1.82, 2.24) is 14.6 Å². The molecule has 0 fully saturated rings. The zero-order valence-corrected chi connectivity index (χ0v) is 20.3. The SMILES string of the molecule is CC(C)c1nc2ccc(Br)cc2c(=O)n1N=Cc1ccc(Oc2ccc([N+](=O)[O-])cn2)c(Cl)c1. The molecular formula is C23H17BrClN5O4. The molecule has 9 nitrogen and oxygen atoms in total. The van der Waals surface area contributed by atoms with Crippen molar-refractivity contribution in [3.63, 3.8) is 0 Å². The van der Waals surface area contributed by atoms with E-state index in [-0.39, 0.29) is 28.1 Å². The van der Waals surface area contributed by atoms with Crippen LogP contribution in [0, 0.1) is 10.1 Å². The minimum atomic E-state index is -0.544. The molecule has 0 aliphatic heterocycles. The maximum Gasteiger partial charge on any atom is 0.287 e. The van der Waals surface area contributed by atoms with Gasteiger partial charge in [0.25, 0.3) is 11.2 Å². The number of nitro groups is 1. The molecule has 34 heavy (non-hydrogen) atoms. The van der Waals surface area contributed by atoms with Gasteiger partial charge in [0.05, 0.1) is 27.1 Å². The summed E-state index contributed by atoms with van der Waals surface area (Å²) < 4.78 is 7.68. The van der Waals surface area contributed by atoms with Gasteiger partial charge in [-0.3, -0.25) is 14.9 Å². The highest BCUT2D eigenvalue weighted by Crippen LogP contribution is 2.29. The molecule has 0 aliphatic carbocycles. The maximum absolute atomic E-state index is 13.1. The highest BCUT2D eigenvalue weighted by Gasteiger charge is 2.14. The second kappa shape index (κ2) is 9.70. The van der Waals surface area contributed by atoms with Crippen LogP contribution in [0.2, 0.25) is 5.02 Å². The van der Waals surface area contributed by atoms with Crippen molar-refractivity contribution < 1.29 is 9.66 Å². The zero-order chi connectivity index (χ0) is 24.4. The summed E-state index contributed by atoms with van der Waals surface area (Å²) in [7, 11) is 0. The lowest BCUT2D eigenvalue weighted by molar-refractivity contribution is -0.385. The quantitative estimate of drug-likeness (QED) is 0.170. The number of rotatable bonds is 6. The van der Waals surface area contributed by atoms with Crippen molar-refractivity contribution in [2.24, 2.45) is 5.10 Å². The zero-order valence-electron chi connectivity index (χ0n) is 18.0. The minimum absolute atomic E-state index is 0.0357. The predicted octanol–water partition coefficient (Wildman–Crippen LogP) is 5.91. The first-order valence-electron chi connectivity index (χ1n) is 10.1. The van der Waals surface area contributed by atoms with E-state index in [2.05, 4.69) is 31.0 Å². The Morgan fingerprint density at radius 2 is 2.00 bits per heavy atom. The van der Waals surface area contributed by atoms with Crippen LogP contribution in [0.5, 0.6) is 11.6 Å². The van der Waals surface area contributed by atoms with E-state index in [1.54, 1.807) is 30.3 Å². The highest BCUT2D eigenvalue weighted by atomic mass is 79.9. The molecule has 172 valence electrons. The summed E-state index contributed by atoms with van der Waals surface area (Å²) >= 11 is 9.73. The van der Waals surface area contributed by atoms with Crippen molar-refractivity contribution in [2.45, 2.75) is 19.8 Å². The second-order valence-corrected chi connectivity index (χ2v) is 8.87. The molecule has 2 aromatic heterocycles. The average molecular weight is 543 g/mol. The first-order chi connectivity index (χ1) is 16.2. The Labute approximate surface area is 207 Å². The van der Waals surface area contributed by atoms with Gasteiger partial charge in [-0.2, -0.15) is 9.78 Å². The van der Waals surface area contributed by atoms with Gasteiger partial charge in [-0.15, -0.1) is 0 Å². The molecule has 4 rings (SSSR count). The van der Waals surface area contributed by atoms with Crippen molar-refractivity contribution in [2.75, 3.05) is 0 Å². The normalized spacial score (nSPS) is 11.4. The Morgan fingerprint density at radius 1 is 1.21 bits per heavy atom. The van der Waals surface area contributed by atoms with Crippen molar-refractivity contribution >= 4 is 50.3 Å². The number of benzene rings is 2. The van der Waals surface area contributed by atoms with Gasteiger partial charge in [0.15, 0.2) is 0 Å². The average Bonchev–Trinajstić information content (AvgIpc) is 2.80. The Morgan fingerprint density at radius 3 is 2.65 bits per heavy atom. The molecule has 0 radical (unpaired) electrons. The topological polar surface area (TPSA) is 113 Å². The smallest absolute Gasteiger partial charge is 0.287 e. The summed E-state index contributed by atoms with van der Waals surface area (Å²) in [6.07, 6.45) is 2.61. The van der Waals surface area contributed by atoms with Crippen LogP contribution in [-0.4, -0.2) is 25.8 Å². The number of pyridine rings is 1. The maximum atomic E-state index is 13.1. The Balaban J connectivity index is 1.63. The summed E-state index contributed by atoms with van der Waals surface area (Å²) in [4.78, 5) is 31.8. The standard InChI is InChI=1S/C23H17BrClN5O4/c1-13(2)22-28-19-6-4-15(24)10-17(19)23(31)29(22)27-11-14-3-7-20(18(25)9-14)34-21-8-5-16(12-26-21)30(32)33/h3-13H,1-2H3. The molecule has 0 atom stereocenters. The van der Waals surface area contributed by atoms with Gasteiger partial charge in [0, 0.05) is 22.5 Å². The predicted molar refractivity (Wildman–Crippen MR) is 133 cm³/mol. The fourth-order valence-electron chi connectivity index (χ4n) is 3.11. The van der Waals surface area contributed by atoms with E-state index in [4.69, 9.17) is 16.3 Å². The van der Waals surface area contributed by atoms with Crippen molar-refractivity contribution in [1.29, 1.82) is 0 Å². The molecule has 0 unspecified atom stereocenters. The monoisotopic (exact) mass is 541 g/mol. The molecule has 0 saturated carbocycles. The third-order valence-corrected chi connectivity index (χ3v) is 5.56. The molecule has 4 aromatic rings. The van der Waals surface area contributed by atoms with Crippen LogP contribution in [0.4, 0.5) is 5.69 Å². The number of aromatic nitrogens is 3. The van der Waals surface area contributed by atoms with Crippen LogP contribution in [-0.2, 0) is 0 Å². The van der Waals surface area contributed by atoms with Crippen LogP contribution >= 0.6 is 27.5 Å².